The molecule has 0 atom stereocenters. The van der Waals surface area contributed by atoms with Crippen molar-refractivity contribution >= 4 is 21.6 Å². The van der Waals surface area contributed by atoms with Gasteiger partial charge in [0.2, 0.25) is 10.0 Å². The number of rotatable bonds is 7. The summed E-state index contributed by atoms with van der Waals surface area (Å²) in [6.45, 7) is 2.75. The topological polar surface area (TPSA) is 40.6 Å². The Kier molecular flexibility index (Phi) is 6.59. The third-order valence-corrected chi connectivity index (χ3v) is 5.36. The van der Waals surface area contributed by atoms with Crippen molar-refractivity contribution in [3.05, 3.63) is 29.1 Å². The largest absolute Gasteiger partial charge is 0.309 e. The first kappa shape index (κ1) is 18.4. The van der Waals surface area contributed by atoms with Crippen LogP contribution < -0.4 is 0 Å². The minimum absolute atomic E-state index is 0.0552. The summed E-state index contributed by atoms with van der Waals surface area (Å²) in [6.07, 6.45) is 0.727. The van der Waals surface area contributed by atoms with Crippen molar-refractivity contribution in [2.75, 3.05) is 34.2 Å². The van der Waals surface area contributed by atoms with Crippen molar-refractivity contribution in [3.63, 3.8) is 0 Å². The van der Waals surface area contributed by atoms with Crippen molar-refractivity contribution in [2.45, 2.75) is 24.1 Å². The number of aryl methyl sites for hydroxylation is 1. The average molecular weight is 337 g/mol. The van der Waals surface area contributed by atoms with E-state index in [4.69, 9.17) is 11.6 Å². The molecule has 21 heavy (non-hydrogen) atoms. The first-order valence-corrected chi connectivity index (χ1v) is 8.63. The van der Waals surface area contributed by atoms with Crippen molar-refractivity contribution in [1.82, 2.24) is 9.21 Å². The second-order valence-electron chi connectivity index (χ2n) is 5.33. The molecule has 0 heterocycles. The van der Waals surface area contributed by atoms with Crippen LogP contribution in [0.3, 0.4) is 0 Å². The molecular weight excluding hydrogens is 315 g/mol. The van der Waals surface area contributed by atoms with Gasteiger partial charge >= 0.3 is 0 Å². The highest BCUT2D eigenvalue weighted by Crippen LogP contribution is 2.23. The Hall–Kier alpha value is -0.690. The Morgan fingerprint density at radius 2 is 1.81 bits per heavy atom. The van der Waals surface area contributed by atoms with Crippen molar-refractivity contribution in [2.24, 2.45) is 0 Å². The van der Waals surface area contributed by atoms with E-state index in [1.165, 1.54) is 30.4 Å². The Labute approximate surface area is 131 Å². The van der Waals surface area contributed by atoms with Crippen LogP contribution in [0, 0.1) is 12.7 Å². The Morgan fingerprint density at radius 1 is 1.19 bits per heavy atom. The number of benzene rings is 1. The lowest BCUT2D eigenvalue weighted by Crippen LogP contribution is -2.30. The molecule has 0 amide bonds. The van der Waals surface area contributed by atoms with Crippen LogP contribution >= 0.6 is 11.6 Å². The maximum absolute atomic E-state index is 13.8. The first-order chi connectivity index (χ1) is 9.70. The Bertz CT molecular complexity index is 591. The summed E-state index contributed by atoms with van der Waals surface area (Å²) in [6, 6.07) is 2.66. The molecule has 0 saturated carbocycles. The van der Waals surface area contributed by atoms with Crippen LogP contribution in [0.15, 0.2) is 17.0 Å². The van der Waals surface area contributed by atoms with E-state index in [0.717, 1.165) is 13.0 Å². The zero-order chi connectivity index (χ0) is 16.2. The first-order valence-electron chi connectivity index (χ1n) is 6.66. The number of alkyl halides is 1. The van der Waals surface area contributed by atoms with Gasteiger partial charge in [0.25, 0.3) is 0 Å². The summed E-state index contributed by atoms with van der Waals surface area (Å²) in [5, 5.41) is 0. The lowest BCUT2D eigenvalue weighted by atomic mass is 10.1. The van der Waals surface area contributed by atoms with Gasteiger partial charge in [0.15, 0.2) is 0 Å². The van der Waals surface area contributed by atoms with E-state index in [0.29, 0.717) is 6.54 Å². The van der Waals surface area contributed by atoms with E-state index >= 15 is 0 Å². The average Bonchev–Trinajstić information content (AvgIpc) is 2.40. The van der Waals surface area contributed by atoms with Crippen LogP contribution in [-0.4, -0.2) is 51.9 Å². The molecule has 0 unspecified atom stereocenters. The fourth-order valence-electron chi connectivity index (χ4n) is 1.96. The summed E-state index contributed by atoms with van der Waals surface area (Å²) in [5.74, 6) is -0.500. The monoisotopic (exact) mass is 336 g/mol. The zero-order valence-corrected chi connectivity index (χ0v) is 14.4. The SMILES string of the molecule is Cc1cc(S(=O)(=O)N(C)CCCN(C)C)cc(CCl)c1F. The molecule has 0 aromatic heterocycles. The molecular formula is C14H22ClFN2O2S. The van der Waals surface area contributed by atoms with E-state index in [2.05, 4.69) is 0 Å². The highest BCUT2D eigenvalue weighted by atomic mass is 35.5. The third kappa shape index (κ3) is 4.64. The number of hydrogen-bond acceptors (Lipinski definition) is 3. The van der Waals surface area contributed by atoms with E-state index in [9.17, 15) is 12.8 Å². The van der Waals surface area contributed by atoms with Gasteiger partial charge in [0, 0.05) is 19.2 Å². The summed E-state index contributed by atoms with van der Waals surface area (Å²) >= 11 is 5.67. The summed E-state index contributed by atoms with van der Waals surface area (Å²) in [5.41, 5.74) is 0.491. The van der Waals surface area contributed by atoms with E-state index in [1.807, 2.05) is 19.0 Å². The molecule has 4 nitrogen and oxygen atoms in total. The molecule has 7 heteroatoms. The molecule has 0 bridgehead atoms. The maximum Gasteiger partial charge on any atom is 0.242 e. The highest BCUT2D eigenvalue weighted by molar-refractivity contribution is 7.89. The van der Waals surface area contributed by atoms with Gasteiger partial charge in [-0.25, -0.2) is 17.1 Å². The maximum atomic E-state index is 13.8. The molecule has 0 saturated heterocycles. The standard InChI is InChI=1S/C14H22ClFN2O2S/c1-11-8-13(9-12(10-15)14(11)16)21(19,20)18(4)7-5-6-17(2)3/h8-9H,5-7,10H2,1-4H3. The van der Waals surface area contributed by atoms with Crippen LogP contribution in [0.4, 0.5) is 4.39 Å². The second-order valence-corrected chi connectivity index (χ2v) is 7.64. The van der Waals surface area contributed by atoms with Gasteiger partial charge in [0.1, 0.15) is 5.82 Å². The lowest BCUT2D eigenvalue weighted by molar-refractivity contribution is 0.370. The summed E-state index contributed by atoms with van der Waals surface area (Å²) in [4.78, 5) is 2.08. The van der Waals surface area contributed by atoms with E-state index in [-0.39, 0.29) is 21.9 Å². The van der Waals surface area contributed by atoms with E-state index < -0.39 is 15.8 Å². The molecule has 0 aliphatic heterocycles. The molecule has 120 valence electrons. The van der Waals surface area contributed by atoms with Crippen LogP contribution in [0.5, 0.6) is 0 Å². The quantitative estimate of drug-likeness (QED) is 0.718. The molecule has 0 spiro atoms. The molecule has 0 aliphatic carbocycles. The molecule has 1 aromatic carbocycles. The predicted octanol–water partition coefficient (Wildman–Crippen LogP) is 2.45. The van der Waals surface area contributed by atoms with Gasteiger partial charge in [-0.3, -0.25) is 0 Å². The molecule has 0 aliphatic rings. The molecule has 0 fully saturated rings. The van der Waals surface area contributed by atoms with Gasteiger partial charge in [-0.15, -0.1) is 11.6 Å². The fraction of sp³-hybridized carbons (Fsp3) is 0.571. The number of sulfonamides is 1. The van der Waals surface area contributed by atoms with Gasteiger partial charge in [-0.05, 0) is 51.7 Å². The molecule has 1 rings (SSSR count). The molecule has 1 aromatic rings. The third-order valence-electron chi connectivity index (χ3n) is 3.23. The Morgan fingerprint density at radius 3 is 2.33 bits per heavy atom. The molecule has 0 N–H and O–H groups in total. The van der Waals surface area contributed by atoms with E-state index in [1.54, 1.807) is 0 Å². The van der Waals surface area contributed by atoms with Crippen molar-refractivity contribution in [3.8, 4) is 0 Å². The highest BCUT2D eigenvalue weighted by Gasteiger charge is 2.22. The van der Waals surface area contributed by atoms with Crippen molar-refractivity contribution in [1.29, 1.82) is 0 Å². The predicted molar refractivity (Wildman–Crippen MR) is 83.7 cm³/mol. The number of halogens is 2. The fourth-order valence-corrected chi connectivity index (χ4v) is 3.50. The normalized spacial score (nSPS) is 12.4. The van der Waals surface area contributed by atoms with Gasteiger partial charge in [0.05, 0.1) is 10.8 Å². The van der Waals surface area contributed by atoms with Crippen LogP contribution in [0.25, 0.3) is 0 Å². The molecule has 0 radical (unpaired) electrons. The van der Waals surface area contributed by atoms with Gasteiger partial charge < -0.3 is 4.90 Å². The minimum atomic E-state index is -3.62. The zero-order valence-electron chi connectivity index (χ0n) is 12.9. The van der Waals surface area contributed by atoms with Gasteiger partial charge in [-0.2, -0.15) is 0 Å². The summed E-state index contributed by atoms with van der Waals surface area (Å²) in [7, 11) is 1.78. The lowest BCUT2D eigenvalue weighted by Gasteiger charge is -2.19. The smallest absolute Gasteiger partial charge is 0.242 e. The Balaban J connectivity index is 2.99. The van der Waals surface area contributed by atoms with Crippen molar-refractivity contribution < 1.29 is 12.8 Å². The van der Waals surface area contributed by atoms with Crippen LogP contribution in [0.1, 0.15) is 17.5 Å². The summed E-state index contributed by atoms with van der Waals surface area (Å²) < 4.78 is 40.0. The number of hydrogen-bond donors (Lipinski definition) is 0. The second kappa shape index (κ2) is 7.54. The van der Waals surface area contributed by atoms with Crippen LogP contribution in [-0.2, 0) is 15.9 Å². The van der Waals surface area contributed by atoms with Crippen LogP contribution in [0.2, 0.25) is 0 Å². The minimum Gasteiger partial charge on any atom is -0.309 e. The number of nitrogens with zero attached hydrogens (tertiary/aromatic N) is 2. The van der Waals surface area contributed by atoms with Gasteiger partial charge in [-0.1, -0.05) is 0 Å².